The number of alkyl halides is 1. The summed E-state index contributed by atoms with van der Waals surface area (Å²) in [5.74, 6) is -1.03. The van der Waals surface area contributed by atoms with E-state index in [4.69, 9.17) is 14.5 Å². The van der Waals surface area contributed by atoms with Crippen molar-refractivity contribution in [3.63, 3.8) is 0 Å². The van der Waals surface area contributed by atoms with Crippen LogP contribution in [0, 0.1) is 0 Å². The maximum Gasteiger partial charge on any atom is 0.326 e. The predicted molar refractivity (Wildman–Crippen MR) is 150 cm³/mol. The second kappa shape index (κ2) is 15.1. The molecule has 3 atom stereocenters. The molecule has 0 saturated heterocycles. The van der Waals surface area contributed by atoms with Gasteiger partial charge in [-0.15, -0.1) is 0 Å². The molecule has 2 aliphatic rings. The zero-order valence-electron chi connectivity index (χ0n) is 23.2. The van der Waals surface area contributed by atoms with Crippen LogP contribution < -0.4 is 10.6 Å². The number of unbranched alkanes of at least 4 members (excludes halogenated alkanes) is 1. The van der Waals surface area contributed by atoms with Gasteiger partial charge in [-0.2, -0.15) is 0 Å². The summed E-state index contributed by atoms with van der Waals surface area (Å²) in [6.45, 7) is 2.36. The first-order chi connectivity index (χ1) is 19.5. The Labute approximate surface area is 235 Å². The fourth-order valence-electron chi connectivity index (χ4n) is 5.36. The number of pyridine rings is 1. The average molecular weight is 557 g/mol. The Bertz CT molecular complexity index is 1130. The number of ether oxygens (including phenoxy) is 2. The number of carbonyl (C=O) groups excluding carboxylic acids is 1. The minimum atomic E-state index is -1.10. The lowest BCUT2D eigenvalue weighted by Gasteiger charge is -2.28. The summed E-state index contributed by atoms with van der Waals surface area (Å²) in [5, 5.41) is 15.9. The van der Waals surface area contributed by atoms with Crippen LogP contribution in [0.3, 0.4) is 0 Å². The van der Waals surface area contributed by atoms with Gasteiger partial charge < -0.3 is 30.1 Å². The largest absolute Gasteiger partial charge is 0.480 e. The highest BCUT2D eigenvalue weighted by molar-refractivity contribution is 5.88. The summed E-state index contributed by atoms with van der Waals surface area (Å²) in [6.07, 6.45) is 4.35. The summed E-state index contributed by atoms with van der Waals surface area (Å²) in [7, 11) is 1.47. The van der Waals surface area contributed by atoms with Gasteiger partial charge in [0.1, 0.15) is 18.5 Å². The van der Waals surface area contributed by atoms with E-state index in [0.717, 1.165) is 61.3 Å². The second-order valence-corrected chi connectivity index (χ2v) is 10.6. The Morgan fingerprint density at radius 3 is 2.88 bits per heavy atom. The molecule has 1 aromatic carbocycles. The van der Waals surface area contributed by atoms with Crippen molar-refractivity contribution in [2.24, 2.45) is 0 Å². The van der Waals surface area contributed by atoms with Gasteiger partial charge >= 0.3 is 5.97 Å². The number of methoxy groups -OCH3 is 1. The Morgan fingerprint density at radius 2 is 2.08 bits per heavy atom. The van der Waals surface area contributed by atoms with E-state index in [2.05, 4.69) is 22.8 Å². The summed E-state index contributed by atoms with van der Waals surface area (Å²) in [4.78, 5) is 31.9. The maximum atomic E-state index is 13.5. The molecular formula is C30H41FN4O5. The molecule has 0 saturated carbocycles. The van der Waals surface area contributed by atoms with Crippen molar-refractivity contribution < 1.29 is 28.6 Å². The zero-order chi connectivity index (χ0) is 28.3. The summed E-state index contributed by atoms with van der Waals surface area (Å²) >= 11 is 0. The summed E-state index contributed by atoms with van der Waals surface area (Å²) in [5.41, 5.74) is 4.11. The first-order valence-corrected chi connectivity index (χ1v) is 14.2. The van der Waals surface area contributed by atoms with Crippen LogP contribution in [-0.4, -0.2) is 85.6 Å². The molecule has 3 N–H and O–H groups in total. The molecule has 1 aromatic heterocycles. The molecule has 40 heavy (non-hydrogen) atoms. The molecule has 0 aliphatic carbocycles. The molecule has 0 fully saturated rings. The zero-order valence-corrected chi connectivity index (χ0v) is 23.2. The number of rotatable bonds is 15. The number of nitrogens with zero attached hydrogens (tertiary/aromatic N) is 2. The number of aryl methyl sites for hydroxylation is 2. The molecule has 4 rings (SSSR count). The standard InChI is InChI=1S/C30H41FN4O5/c1-39-24(17-31)18-35(15-5-4-9-23-12-11-21-8-6-14-32-28(21)33-23)16-13-27(30(37)38)34-29(36)26-20-40-19-22-7-2-3-10-25(22)26/h2-3,7,10-12,24,26-27H,4-6,8-9,13-20H2,1H3,(H,32,33)(H,34,36)(H,37,38). The monoisotopic (exact) mass is 556 g/mol. The van der Waals surface area contributed by atoms with Crippen molar-refractivity contribution in [3.8, 4) is 0 Å². The van der Waals surface area contributed by atoms with E-state index < -0.39 is 30.7 Å². The van der Waals surface area contributed by atoms with Gasteiger partial charge in [0.15, 0.2) is 0 Å². The Hall–Kier alpha value is -3.08. The number of carbonyl (C=O) groups is 2. The number of halogens is 1. The van der Waals surface area contributed by atoms with E-state index in [0.29, 0.717) is 26.2 Å². The van der Waals surface area contributed by atoms with E-state index >= 15 is 0 Å². The van der Waals surface area contributed by atoms with Gasteiger partial charge in [-0.05, 0) is 67.8 Å². The van der Waals surface area contributed by atoms with Gasteiger partial charge in [0.25, 0.3) is 0 Å². The predicted octanol–water partition coefficient (Wildman–Crippen LogP) is 3.32. The van der Waals surface area contributed by atoms with Gasteiger partial charge in [-0.25, -0.2) is 14.2 Å². The summed E-state index contributed by atoms with van der Waals surface area (Å²) < 4.78 is 24.3. The number of hydrogen-bond acceptors (Lipinski definition) is 7. The normalized spacial score (nSPS) is 17.8. The number of carboxylic acids is 1. The minimum absolute atomic E-state index is 0.192. The van der Waals surface area contributed by atoms with Crippen LogP contribution in [0.5, 0.6) is 0 Å². The molecular weight excluding hydrogens is 515 g/mol. The highest BCUT2D eigenvalue weighted by Gasteiger charge is 2.30. The van der Waals surface area contributed by atoms with E-state index in [1.165, 1.54) is 12.7 Å². The number of anilines is 1. The molecule has 0 radical (unpaired) electrons. The van der Waals surface area contributed by atoms with E-state index in [1.54, 1.807) is 0 Å². The van der Waals surface area contributed by atoms with Crippen LogP contribution in [0.2, 0.25) is 0 Å². The Balaban J connectivity index is 1.31. The molecule has 2 aromatic rings. The Morgan fingerprint density at radius 1 is 1.23 bits per heavy atom. The average Bonchev–Trinajstić information content (AvgIpc) is 2.98. The third-order valence-electron chi connectivity index (χ3n) is 7.71. The fraction of sp³-hybridized carbons (Fsp3) is 0.567. The maximum absolute atomic E-state index is 13.5. The number of nitrogens with one attached hydrogen (secondary N) is 2. The molecule has 0 spiro atoms. The van der Waals surface area contributed by atoms with E-state index in [-0.39, 0.29) is 18.9 Å². The number of carboxylic acid groups (broad SMARTS) is 1. The Kier molecular flexibility index (Phi) is 11.3. The van der Waals surface area contributed by atoms with Gasteiger partial charge in [-0.1, -0.05) is 30.3 Å². The SMILES string of the molecule is COC(CF)CN(CCCCc1ccc2c(n1)NCCC2)CCC(NC(=O)C1COCc2ccccc21)C(=O)O. The van der Waals surface area contributed by atoms with Gasteiger partial charge in [0.2, 0.25) is 5.91 Å². The van der Waals surface area contributed by atoms with Crippen molar-refractivity contribution in [1.82, 2.24) is 15.2 Å². The quantitative estimate of drug-likeness (QED) is 0.287. The highest BCUT2D eigenvalue weighted by Crippen LogP contribution is 2.27. The lowest BCUT2D eigenvalue weighted by atomic mass is 9.92. The minimum Gasteiger partial charge on any atom is -0.480 e. The van der Waals surface area contributed by atoms with Crippen LogP contribution in [0.1, 0.15) is 54.0 Å². The van der Waals surface area contributed by atoms with Crippen molar-refractivity contribution in [2.75, 3.05) is 51.9 Å². The highest BCUT2D eigenvalue weighted by atomic mass is 19.1. The van der Waals surface area contributed by atoms with Crippen LogP contribution in [0.4, 0.5) is 10.2 Å². The lowest BCUT2D eigenvalue weighted by Crippen LogP contribution is -2.47. The number of fused-ring (bicyclic) bond motifs is 2. The topological polar surface area (TPSA) is 113 Å². The molecule has 218 valence electrons. The van der Waals surface area contributed by atoms with Gasteiger partial charge in [0.05, 0.1) is 25.2 Å². The molecule has 0 bridgehead atoms. The number of aliphatic carboxylic acids is 1. The van der Waals surface area contributed by atoms with E-state index in [9.17, 15) is 19.1 Å². The summed E-state index contributed by atoms with van der Waals surface area (Å²) in [6, 6.07) is 10.7. The molecule has 2 aliphatic heterocycles. The van der Waals surface area contributed by atoms with Crippen molar-refractivity contribution in [3.05, 3.63) is 58.8 Å². The van der Waals surface area contributed by atoms with Crippen LogP contribution >= 0.6 is 0 Å². The second-order valence-electron chi connectivity index (χ2n) is 10.6. The van der Waals surface area contributed by atoms with Crippen LogP contribution in [0.15, 0.2) is 36.4 Å². The van der Waals surface area contributed by atoms with E-state index in [1.807, 2.05) is 29.2 Å². The molecule has 1 amide bonds. The number of benzene rings is 1. The smallest absolute Gasteiger partial charge is 0.326 e. The molecule has 3 unspecified atom stereocenters. The lowest BCUT2D eigenvalue weighted by molar-refractivity contribution is -0.142. The van der Waals surface area contributed by atoms with Crippen molar-refractivity contribution in [2.45, 2.75) is 63.2 Å². The van der Waals surface area contributed by atoms with Gasteiger partial charge in [-0.3, -0.25) is 4.79 Å². The molecule has 9 nitrogen and oxygen atoms in total. The molecule has 10 heteroatoms. The van der Waals surface area contributed by atoms with Crippen molar-refractivity contribution >= 4 is 17.7 Å². The van der Waals surface area contributed by atoms with Crippen LogP contribution in [-0.2, 0) is 38.5 Å². The first-order valence-electron chi connectivity index (χ1n) is 14.2. The third kappa shape index (κ3) is 8.22. The number of aromatic nitrogens is 1. The van der Waals surface area contributed by atoms with Gasteiger partial charge in [0, 0.05) is 32.4 Å². The third-order valence-corrected chi connectivity index (χ3v) is 7.71. The van der Waals surface area contributed by atoms with Crippen molar-refractivity contribution in [1.29, 1.82) is 0 Å². The number of amides is 1. The number of hydrogen-bond donors (Lipinski definition) is 3. The first kappa shape index (κ1) is 29.9. The molecule has 3 heterocycles. The van der Waals surface area contributed by atoms with Crippen LogP contribution in [0.25, 0.3) is 0 Å². The fourth-order valence-corrected chi connectivity index (χ4v) is 5.36.